The summed E-state index contributed by atoms with van der Waals surface area (Å²) in [6, 6.07) is 9.99. The molecule has 1 amide bonds. The maximum absolute atomic E-state index is 12.8. The lowest BCUT2D eigenvalue weighted by Crippen LogP contribution is -2.48. The van der Waals surface area contributed by atoms with Gasteiger partial charge in [-0.2, -0.15) is 0 Å². The van der Waals surface area contributed by atoms with E-state index in [1.165, 1.54) is 46.3 Å². The zero-order valence-electron chi connectivity index (χ0n) is 19.4. The van der Waals surface area contributed by atoms with E-state index in [0.29, 0.717) is 0 Å². The highest BCUT2D eigenvalue weighted by Crippen LogP contribution is 2.39. The number of thiophene rings is 1. The van der Waals surface area contributed by atoms with Gasteiger partial charge in [-0.15, -0.1) is 11.3 Å². The molecule has 1 aliphatic carbocycles. The minimum atomic E-state index is 0.0856. The van der Waals surface area contributed by atoms with Crippen LogP contribution in [0.4, 0.5) is 5.82 Å². The smallest absolute Gasteiger partial charge is 0.246 e. The highest BCUT2D eigenvalue weighted by atomic mass is 32.1. The minimum absolute atomic E-state index is 0.0856. The third-order valence-corrected chi connectivity index (χ3v) is 7.86. The molecule has 5 rings (SSSR count). The lowest BCUT2D eigenvalue weighted by atomic mass is 10.1. The van der Waals surface area contributed by atoms with Crippen molar-refractivity contribution in [3.05, 3.63) is 58.2 Å². The number of benzene rings is 1. The van der Waals surface area contributed by atoms with E-state index in [-0.39, 0.29) is 5.91 Å². The van der Waals surface area contributed by atoms with Crippen LogP contribution in [-0.2, 0) is 24.1 Å². The van der Waals surface area contributed by atoms with Crippen LogP contribution >= 0.6 is 11.3 Å². The molecule has 1 aromatic carbocycles. The first-order valence-electron chi connectivity index (χ1n) is 12.3. The summed E-state index contributed by atoms with van der Waals surface area (Å²) in [7, 11) is 0. The summed E-state index contributed by atoms with van der Waals surface area (Å²) in [6.45, 7) is 5.25. The van der Waals surface area contributed by atoms with Crippen LogP contribution in [0, 0.1) is 0 Å². The van der Waals surface area contributed by atoms with E-state index >= 15 is 0 Å². The number of piperazine rings is 1. The molecule has 33 heavy (non-hydrogen) atoms. The number of nitrogens with zero attached hydrogens (tertiary/aromatic N) is 4. The number of aromatic nitrogens is 2. The Morgan fingerprint density at radius 3 is 2.61 bits per heavy atom. The summed E-state index contributed by atoms with van der Waals surface area (Å²) < 4.78 is 0. The van der Waals surface area contributed by atoms with Crippen molar-refractivity contribution >= 4 is 39.4 Å². The van der Waals surface area contributed by atoms with E-state index in [4.69, 9.17) is 9.97 Å². The monoisotopic (exact) mass is 460 g/mol. The van der Waals surface area contributed by atoms with Gasteiger partial charge in [-0.05, 0) is 49.3 Å². The second-order valence-corrected chi connectivity index (χ2v) is 10.1. The Labute approximate surface area is 200 Å². The number of hydrogen-bond acceptors (Lipinski definition) is 5. The molecule has 2 aliphatic rings. The van der Waals surface area contributed by atoms with Crippen LogP contribution in [0.1, 0.15) is 54.4 Å². The van der Waals surface area contributed by atoms with Gasteiger partial charge in [-0.25, -0.2) is 9.97 Å². The number of fused-ring (bicyclic) bond motifs is 3. The largest absolute Gasteiger partial charge is 0.352 e. The Hall–Kier alpha value is -2.73. The van der Waals surface area contributed by atoms with Gasteiger partial charge < -0.3 is 9.80 Å². The molecule has 1 saturated heterocycles. The van der Waals surface area contributed by atoms with Crippen LogP contribution in [0.25, 0.3) is 16.3 Å². The predicted molar refractivity (Wildman–Crippen MR) is 137 cm³/mol. The van der Waals surface area contributed by atoms with E-state index in [1.807, 2.05) is 52.6 Å². The predicted octanol–water partition coefficient (Wildman–Crippen LogP) is 5.27. The summed E-state index contributed by atoms with van der Waals surface area (Å²) in [4.78, 5) is 29.8. The van der Waals surface area contributed by atoms with Crippen molar-refractivity contribution in [1.29, 1.82) is 0 Å². The highest BCUT2D eigenvalue weighted by Gasteiger charge is 2.26. The lowest BCUT2D eigenvalue weighted by Gasteiger charge is -2.35. The van der Waals surface area contributed by atoms with Gasteiger partial charge >= 0.3 is 0 Å². The third kappa shape index (κ3) is 4.81. The van der Waals surface area contributed by atoms with Gasteiger partial charge in [0.1, 0.15) is 16.5 Å². The first-order chi connectivity index (χ1) is 16.2. The Kier molecular flexibility index (Phi) is 6.72. The second kappa shape index (κ2) is 10.0. The summed E-state index contributed by atoms with van der Waals surface area (Å²) in [5.74, 6) is 2.15. The highest BCUT2D eigenvalue weighted by molar-refractivity contribution is 7.19. The van der Waals surface area contributed by atoms with E-state index in [0.717, 1.165) is 62.6 Å². The van der Waals surface area contributed by atoms with Crippen LogP contribution in [0.3, 0.4) is 0 Å². The van der Waals surface area contributed by atoms with Crippen LogP contribution in [0.15, 0.2) is 36.4 Å². The van der Waals surface area contributed by atoms with Crippen LogP contribution in [0.5, 0.6) is 0 Å². The van der Waals surface area contributed by atoms with Gasteiger partial charge in [0.25, 0.3) is 0 Å². The number of rotatable bonds is 5. The average molecular weight is 461 g/mol. The molecule has 0 radical (unpaired) electrons. The minimum Gasteiger partial charge on any atom is -0.352 e. The standard InChI is InChI=1S/C27H32N4OS/c1-2-9-23-28-26(25-21-12-7-4-8-13-22(21)33-27(25)29-23)31-18-16-30(17-19-31)24(32)15-14-20-10-5-3-6-11-20/h3,5-6,10-11,14-15H,2,4,7-9,12-13,16-19H2,1H3/b15-14+. The summed E-state index contributed by atoms with van der Waals surface area (Å²) >= 11 is 1.89. The quantitative estimate of drug-likeness (QED) is 0.384. The van der Waals surface area contributed by atoms with Gasteiger partial charge in [-0.3, -0.25) is 4.79 Å². The maximum Gasteiger partial charge on any atom is 0.246 e. The Bertz CT molecular complexity index is 1150. The van der Waals surface area contributed by atoms with Crippen molar-refractivity contribution in [2.75, 3.05) is 31.1 Å². The normalized spacial score (nSPS) is 16.9. The molecule has 0 bridgehead atoms. The number of carbonyl (C=O) groups excluding carboxylic acids is 1. The van der Waals surface area contributed by atoms with Gasteiger partial charge in [0.05, 0.1) is 5.39 Å². The van der Waals surface area contributed by atoms with E-state index in [1.54, 1.807) is 6.08 Å². The van der Waals surface area contributed by atoms with Crippen molar-refractivity contribution in [1.82, 2.24) is 14.9 Å². The van der Waals surface area contributed by atoms with Crippen molar-refractivity contribution < 1.29 is 4.79 Å². The fourth-order valence-electron chi connectivity index (χ4n) is 4.90. The molecule has 6 heteroatoms. The lowest BCUT2D eigenvalue weighted by molar-refractivity contribution is -0.126. The second-order valence-electron chi connectivity index (χ2n) is 9.01. The zero-order valence-corrected chi connectivity index (χ0v) is 20.2. The third-order valence-electron chi connectivity index (χ3n) is 6.67. The SMILES string of the molecule is CCCc1nc(N2CCN(C(=O)/C=C/c3ccccc3)CC2)c2c3c(sc2n1)CCCCC3. The molecule has 1 fully saturated rings. The molecule has 3 heterocycles. The molecule has 172 valence electrons. The first kappa shape index (κ1) is 22.1. The molecule has 0 unspecified atom stereocenters. The van der Waals surface area contributed by atoms with Crippen LogP contribution < -0.4 is 4.90 Å². The number of aryl methyl sites for hydroxylation is 3. The van der Waals surface area contributed by atoms with Crippen molar-refractivity contribution in [2.24, 2.45) is 0 Å². The number of hydrogen-bond donors (Lipinski definition) is 0. The zero-order chi connectivity index (χ0) is 22.6. The fourth-order valence-corrected chi connectivity index (χ4v) is 6.17. The Morgan fingerprint density at radius 2 is 1.82 bits per heavy atom. The Morgan fingerprint density at radius 1 is 1.03 bits per heavy atom. The molecule has 0 atom stereocenters. The molecule has 5 nitrogen and oxygen atoms in total. The van der Waals surface area contributed by atoms with E-state index < -0.39 is 0 Å². The molecule has 0 saturated carbocycles. The van der Waals surface area contributed by atoms with Crippen molar-refractivity contribution in [2.45, 2.75) is 51.9 Å². The summed E-state index contributed by atoms with van der Waals surface area (Å²) in [6.07, 6.45) is 11.7. The topological polar surface area (TPSA) is 49.3 Å². The Balaban J connectivity index is 1.37. The van der Waals surface area contributed by atoms with Crippen molar-refractivity contribution in [3.63, 3.8) is 0 Å². The number of amides is 1. The molecule has 0 N–H and O–H groups in total. The van der Waals surface area contributed by atoms with E-state index in [2.05, 4.69) is 11.8 Å². The van der Waals surface area contributed by atoms with Crippen molar-refractivity contribution in [3.8, 4) is 0 Å². The summed E-state index contributed by atoms with van der Waals surface area (Å²) in [5.41, 5.74) is 2.55. The average Bonchev–Trinajstić information content (AvgIpc) is 3.03. The molecular weight excluding hydrogens is 428 g/mol. The molecule has 3 aromatic rings. The molecule has 0 spiro atoms. The maximum atomic E-state index is 12.8. The van der Waals surface area contributed by atoms with Crippen LogP contribution in [0.2, 0.25) is 0 Å². The fraction of sp³-hybridized carbons (Fsp3) is 0.444. The van der Waals surface area contributed by atoms with E-state index in [9.17, 15) is 4.79 Å². The number of anilines is 1. The number of carbonyl (C=O) groups is 1. The first-order valence-corrected chi connectivity index (χ1v) is 13.1. The van der Waals surface area contributed by atoms with Gasteiger partial charge in [0.2, 0.25) is 5.91 Å². The van der Waals surface area contributed by atoms with Gasteiger partial charge in [0.15, 0.2) is 0 Å². The van der Waals surface area contributed by atoms with Gasteiger partial charge in [-0.1, -0.05) is 43.7 Å². The molecule has 2 aromatic heterocycles. The van der Waals surface area contributed by atoms with Gasteiger partial charge in [0, 0.05) is 43.6 Å². The molecule has 1 aliphatic heterocycles. The van der Waals surface area contributed by atoms with Crippen LogP contribution in [-0.4, -0.2) is 47.0 Å². The summed E-state index contributed by atoms with van der Waals surface area (Å²) in [5, 5.41) is 1.29. The molecular formula is C27H32N4OS.